The number of halogens is 1. The summed E-state index contributed by atoms with van der Waals surface area (Å²) in [5, 5.41) is 5.58. The fraction of sp³-hybridized carbons (Fsp3) is 0.400. The second kappa shape index (κ2) is 7.09. The first-order chi connectivity index (χ1) is 9.65. The Labute approximate surface area is 133 Å². The average molecular weight is 354 g/mol. The molecule has 2 aromatic rings. The van der Waals surface area contributed by atoms with E-state index < -0.39 is 0 Å². The van der Waals surface area contributed by atoms with E-state index in [4.69, 9.17) is 0 Å². The van der Waals surface area contributed by atoms with E-state index in [2.05, 4.69) is 75.5 Å². The van der Waals surface area contributed by atoms with Crippen molar-refractivity contribution in [2.45, 2.75) is 26.8 Å². The molecular weight excluding hydrogens is 334 g/mol. The van der Waals surface area contributed by atoms with Crippen molar-refractivity contribution < 1.29 is 0 Å². The summed E-state index contributed by atoms with van der Waals surface area (Å²) >= 11 is 5.33. The highest BCUT2D eigenvalue weighted by Gasteiger charge is 2.11. The molecule has 0 aliphatic rings. The minimum Gasteiger partial charge on any atom is -0.376 e. The fourth-order valence-electron chi connectivity index (χ4n) is 2.14. The van der Waals surface area contributed by atoms with Crippen LogP contribution in [-0.2, 0) is 0 Å². The number of aromatic nitrogens is 1. The van der Waals surface area contributed by atoms with Gasteiger partial charge in [-0.2, -0.15) is 0 Å². The maximum absolute atomic E-state index is 4.53. The Morgan fingerprint density at radius 3 is 2.55 bits per heavy atom. The third-order valence-corrected chi connectivity index (χ3v) is 5.31. The molecule has 0 bridgehead atoms. The van der Waals surface area contributed by atoms with Crippen molar-refractivity contribution in [2.24, 2.45) is 0 Å². The van der Waals surface area contributed by atoms with Gasteiger partial charge in [-0.3, -0.25) is 0 Å². The normalized spacial score (nSPS) is 12.2. The number of pyridine rings is 1. The van der Waals surface area contributed by atoms with E-state index in [1.165, 1.54) is 4.88 Å². The molecule has 0 saturated heterocycles. The van der Waals surface area contributed by atoms with Crippen molar-refractivity contribution in [1.82, 2.24) is 4.98 Å². The Bertz CT molecular complexity index is 534. The maximum Gasteiger partial charge on any atom is 0.128 e. The number of rotatable bonds is 6. The van der Waals surface area contributed by atoms with Gasteiger partial charge in [0.2, 0.25) is 0 Å². The highest BCUT2D eigenvalue weighted by Crippen LogP contribution is 2.31. The lowest BCUT2D eigenvalue weighted by Crippen LogP contribution is -2.22. The minimum absolute atomic E-state index is 0.269. The molecule has 0 saturated carbocycles. The van der Waals surface area contributed by atoms with Crippen molar-refractivity contribution in [3.63, 3.8) is 0 Å². The first-order valence-electron chi connectivity index (χ1n) is 6.86. The zero-order chi connectivity index (χ0) is 14.5. The summed E-state index contributed by atoms with van der Waals surface area (Å²) in [6.07, 6.45) is 1.91. The first kappa shape index (κ1) is 15.3. The third kappa shape index (κ3) is 3.52. The summed E-state index contributed by atoms with van der Waals surface area (Å²) in [7, 11) is 0. The van der Waals surface area contributed by atoms with Crippen molar-refractivity contribution in [3.05, 3.63) is 39.1 Å². The Kier molecular flexibility index (Phi) is 5.43. The molecule has 1 atom stereocenters. The van der Waals surface area contributed by atoms with Gasteiger partial charge in [-0.05, 0) is 60.3 Å². The molecule has 1 N–H and O–H groups in total. The van der Waals surface area contributed by atoms with Crippen LogP contribution >= 0.6 is 27.3 Å². The smallest absolute Gasteiger partial charge is 0.128 e. The van der Waals surface area contributed by atoms with E-state index in [9.17, 15) is 0 Å². The van der Waals surface area contributed by atoms with Gasteiger partial charge in [-0.25, -0.2) is 4.98 Å². The molecule has 5 heteroatoms. The zero-order valence-electron chi connectivity index (χ0n) is 12.1. The lowest BCUT2D eigenvalue weighted by molar-refractivity contribution is 0.844. The van der Waals surface area contributed by atoms with Crippen LogP contribution in [0.3, 0.4) is 0 Å². The van der Waals surface area contributed by atoms with Gasteiger partial charge in [-0.1, -0.05) is 0 Å². The molecule has 108 valence electrons. The number of hydrogen-bond acceptors (Lipinski definition) is 4. The summed E-state index contributed by atoms with van der Waals surface area (Å²) in [6.45, 7) is 8.42. The summed E-state index contributed by atoms with van der Waals surface area (Å²) in [4.78, 5) is 8.08. The standard InChI is InChI=1S/C15H20BrN3S/c1-4-19(5-2)14-7-6-12(10-17-14)18-11(3)15-13(16)8-9-20-15/h6-11,18H,4-5H2,1-3H3. The molecule has 0 aliphatic carbocycles. The molecular formula is C15H20BrN3S. The van der Waals surface area contributed by atoms with E-state index in [0.29, 0.717) is 0 Å². The number of nitrogens with one attached hydrogen (secondary N) is 1. The number of thiophene rings is 1. The highest BCUT2D eigenvalue weighted by molar-refractivity contribution is 9.10. The van der Waals surface area contributed by atoms with E-state index in [1.54, 1.807) is 11.3 Å². The third-order valence-electron chi connectivity index (χ3n) is 3.26. The lowest BCUT2D eigenvalue weighted by atomic mass is 10.2. The Hall–Kier alpha value is -1.07. The van der Waals surface area contributed by atoms with Crippen LogP contribution in [0, 0.1) is 0 Å². The van der Waals surface area contributed by atoms with Crippen LogP contribution < -0.4 is 10.2 Å². The predicted octanol–water partition coefficient (Wildman–Crippen LogP) is 4.92. The van der Waals surface area contributed by atoms with Gasteiger partial charge in [0.05, 0.1) is 17.9 Å². The van der Waals surface area contributed by atoms with E-state index >= 15 is 0 Å². The molecule has 20 heavy (non-hydrogen) atoms. The van der Waals surface area contributed by atoms with Gasteiger partial charge in [0.15, 0.2) is 0 Å². The van der Waals surface area contributed by atoms with Gasteiger partial charge >= 0.3 is 0 Å². The van der Waals surface area contributed by atoms with E-state index in [0.717, 1.165) is 29.1 Å². The zero-order valence-corrected chi connectivity index (χ0v) is 14.5. The second-order valence-electron chi connectivity index (χ2n) is 4.58. The largest absolute Gasteiger partial charge is 0.376 e. The fourth-order valence-corrected chi connectivity index (χ4v) is 3.86. The van der Waals surface area contributed by atoms with Crippen molar-refractivity contribution >= 4 is 38.8 Å². The first-order valence-corrected chi connectivity index (χ1v) is 8.53. The maximum atomic E-state index is 4.53. The molecule has 0 spiro atoms. The van der Waals surface area contributed by atoms with Crippen LogP contribution in [0.15, 0.2) is 34.2 Å². The molecule has 0 aromatic carbocycles. The Morgan fingerprint density at radius 2 is 2.05 bits per heavy atom. The quantitative estimate of drug-likeness (QED) is 0.798. The van der Waals surface area contributed by atoms with Crippen LogP contribution in [0.2, 0.25) is 0 Å². The van der Waals surface area contributed by atoms with Gasteiger partial charge in [0.25, 0.3) is 0 Å². The van der Waals surface area contributed by atoms with Crippen LogP contribution in [-0.4, -0.2) is 18.1 Å². The Morgan fingerprint density at radius 1 is 1.30 bits per heavy atom. The molecule has 0 aliphatic heterocycles. The van der Waals surface area contributed by atoms with E-state index in [-0.39, 0.29) is 6.04 Å². The molecule has 2 rings (SSSR count). The predicted molar refractivity (Wildman–Crippen MR) is 91.9 cm³/mol. The van der Waals surface area contributed by atoms with Gasteiger partial charge in [0, 0.05) is 22.4 Å². The summed E-state index contributed by atoms with van der Waals surface area (Å²) in [6, 6.07) is 6.52. The number of anilines is 2. The van der Waals surface area contributed by atoms with E-state index in [1.807, 2.05) is 6.20 Å². The van der Waals surface area contributed by atoms with Crippen LogP contribution in [0.5, 0.6) is 0 Å². The van der Waals surface area contributed by atoms with Crippen molar-refractivity contribution in [3.8, 4) is 0 Å². The summed E-state index contributed by atoms with van der Waals surface area (Å²) in [5.41, 5.74) is 1.05. The molecule has 2 aromatic heterocycles. The second-order valence-corrected chi connectivity index (χ2v) is 6.38. The summed E-state index contributed by atoms with van der Waals surface area (Å²) < 4.78 is 1.16. The molecule has 0 fully saturated rings. The van der Waals surface area contributed by atoms with Gasteiger partial charge in [-0.15, -0.1) is 11.3 Å². The molecule has 2 heterocycles. The van der Waals surface area contributed by atoms with Crippen LogP contribution in [0.25, 0.3) is 0 Å². The number of nitrogens with zero attached hydrogens (tertiary/aromatic N) is 2. The van der Waals surface area contributed by atoms with Crippen LogP contribution in [0.4, 0.5) is 11.5 Å². The van der Waals surface area contributed by atoms with Gasteiger partial charge in [0.1, 0.15) is 5.82 Å². The highest BCUT2D eigenvalue weighted by atomic mass is 79.9. The van der Waals surface area contributed by atoms with Crippen molar-refractivity contribution in [1.29, 1.82) is 0 Å². The summed E-state index contributed by atoms with van der Waals surface area (Å²) in [5.74, 6) is 1.03. The molecule has 1 unspecified atom stereocenters. The molecule has 3 nitrogen and oxygen atoms in total. The number of hydrogen-bond donors (Lipinski definition) is 1. The SMILES string of the molecule is CCN(CC)c1ccc(NC(C)c2sccc2Br)cn1. The minimum atomic E-state index is 0.269. The topological polar surface area (TPSA) is 28.2 Å². The van der Waals surface area contributed by atoms with Gasteiger partial charge < -0.3 is 10.2 Å². The molecule has 0 amide bonds. The monoisotopic (exact) mass is 353 g/mol. The lowest BCUT2D eigenvalue weighted by Gasteiger charge is -2.20. The Balaban J connectivity index is 2.06. The van der Waals surface area contributed by atoms with Crippen LogP contribution in [0.1, 0.15) is 31.7 Å². The van der Waals surface area contributed by atoms with Crippen molar-refractivity contribution in [2.75, 3.05) is 23.3 Å². The molecule has 0 radical (unpaired) electrons. The average Bonchev–Trinajstić information content (AvgIpc) is 2.88.